The molecule has 0 aliphatic heterocycles. The summed E-state index contributed by atoms with van der Waals surface area (Å²) in [5.74, 6) is 0.793. The lowest BCUT2D eigenvalue weighted by molar-refractivity contribution is 0.223. The summed E-state index contributed by atoms with van der Waals surface area (Å²) in [7, 11) is 0. The zero-order chi connectivity index (χ0) is 14.7. The van der Waals surface area contributed by atoms with E-state index >= 15 is 0 Å². The number of pyridine rings is 1. The van der Waals surface area contributed by atoms with Crippen LogP contribution in [0.3, 0.4) is 0 Å². The van der Waals surface area contributed by atoms with Gasteiger partial charge in [0.15, 0.2) is 0 Å². The summed E-state index contributed by atoms with van der Waals surface area (Å²) in [6.45, 7) is 6.78. The van der Waals surface area contributed by atoms with Gasteiger partial charge >= 0.3 is 0 Å². The molecular formula is C18H27N3. The summed E-state index contributed by atoms with van der Waals surface area (Å²) in [5.41, 5.74) is 3.06. The lowest BCUT2D eigenvalue weighted by Gasteiger charge is -2.31. The van der Waals surface area contributed by atoms with Crippen molar-refractivity contribution >= 4 is 5.52 Å². The van der Waals surface area contributed by atoms with Gasteiger partial charge in [0.1, 0.15) is 0 Å². The number of rotatable bonds is 6. The van der Waals surface area contributed by atoms with Crippen molar-refractivity contribution in [2.45, 2.75) is 52.5 Å². The predicted octanol–water partition coefficient (Wildman–Crippen LogP) is 4.03. The molecule has 0 bridgehead atoms. The molecule has 1 aliphatic rings. The quantitative estimate of drug-likeness (QED) is 0.868. The van der Waals surface area contributed by atoms with E-state index < -0.39 is 0 Å². The van der Waals surface area contributed by atoms with Gasteiger partial charge in [-0.1, -0.05) is 32.8 Å². The topological polar surface area (TPSA) is 29.3 Å². The lowest BCUT2D eigenvalue weighted by atomic mass is 9.78. The Bertz CT molecular complexity index is 579. The van der Waals surface area contributed by atoms with Crippen LogP contribution in [-0.2, 0) is 6.54 Å². The Morgan fingerprint density at radius 3 is 2.86 bits per heavy atom. The molecule has 21 heavy (non-hydrogen) atoms. The molecule has 0 amide bonds. The third-order valence-corrected chi connectivity index (χ3v) is 4.83. The van der Waals surface area contributed by atoms with Crippen LogP contribution in [0.5, 0.6) is 0 Å². The normalized spacial score (nSPS) is 17.9. The number of nitrogens with zero attached hydrogens (tertiary/aromatic N) is 2. The number of fused-ring (bicyclic) bond motifs is 1. The molecule has 0 atom stereocenters. The maximum atomic E-state index is 4.41. The first kappa shape index (κ1) is 14.6. The molecule has 0 saturated heterocycles. The highest BCUT2D eigenvalue weighted by atomic mass is 15.2. The highest BCUT2D eigenvalue weighted by Gasteiger charge is 2.33. The summed E-state index contributed by atoms with van der Waals surface area (Å²) in [5, 5.41) is 8.13. The fourth-order valence-corrected chi connectivity index (χ4v) is 4.03. The molecule has 1 aliphatic carbocycles. The van der Waals surface area contributed by atoms with Crippen LogP contribution >= 0.6 is 0 Å². The van der Waals surface area contributed by atoms with E-state index in [2.05, 4.69) is 36.4 Å². The van der Waals surface area contributed by atoms with Crippen LogP contribution in [0.2, 0.25) is 0 Å². The van der Waals surface area contributed by atoms with Gasteiger partial charge in [0.25, 0.3) is 0 Å². The maximum Gasteiger partial charge on any atom is 0.0706 e. The van der Waals surface area contributed by atoms with Crippen LogP contribution < -0.4 is 5.32 Å². The van der Waals surface area contributed by atoms with Gasteiger partial charge in [-0.2, -0.15) is 5.10 Å². The van der Waals surface area contributed by atoms with Crippen molar-refractivity contribution in [3.05, 3.63) is 36.2 Å². The van der Waals surface area contributed by atoms with E-state index in [-0.39, 0.29) is 0 Å². The highest BCUT2D eigenvalue weighted by Crippen LogP contribution is 2.42. The minimum Gasteiger partial charge on any atom is -0.312 e. The van der Waals surface area contributed by atoms with Crippen LogP contribution in [0, 0.1) is 11.3 Å². The van der Waals surface area contributed by atoms with Gasteiger partial charge in [0, 0.05) is 24.8 Å². The Hall–Kier alpha value is -1.35. The first-order valence-corrected chi connectivity index (χ1v) is 8.31. The molecule has 1 fully saturated rings. The zero-order valence-electron chi connectivity index (χ0n) is 13.3. The smallest absolute Gasteiger partial charge is 0.0706 e. The summed E-state index contributed by atoms with van der Waals surface area (Å²) in [4.78, 5) is 0. The molecule has 1 saturated carbocycles. The average Bonchev–Trinajstić information content (AvgIpc) is 3.06. The predicted molar refractivity (Wildman–Crippen MR) is 87.3 cm³/mol. The molecule has 0 unspecified atom stereocenters. The van der Waals surface area contributed by atoms with Crippen LogP contribution in [-0.4, -0.2) is 16.2 Å². The second-order valence-corrected chi connectivity index (χ2v) is 7.11. The van der Waals surface area contributed by atoms with Gasteiger partial charge < -0.3 is 5.32 Å². The number of hydrogen-bond donors (Lipinski definition) is 1. The molecule has 3 heteroatoms. The molecular weight excluding hydrogens is 258 g/mol. The summed E-state index contributed by atoms with van der Waals surface area (Å²) < 4.78 is 1.95. The van der Waals surface area contributed by atoms with Crippen molar-refractivity contribution < 1.29 is 0 Å². The van der Waals surface area contributed by atoms with Crippen LogP contribution in [0.25, 0.3) is 5.52 Å². The third kappa shape index (κ3) is 3.29. The largest absolute Gasteiger partial charge is 0.312 e. The van der Waals surface area contributed by atoms with E-state index in [0.29, 0.717) is 5.41 Å². The summed E-state index contributed by atoms with van der Waals surface area (Å²) in [6, 6.07) is 6.24. The molecule has 3 rings (SSSR count). The first-order chi connectivity index (χ1) is 10.2. The van der Waals surface area contributed by atoms with Gasteiger partial charge in [0.05, 0.1) is 11.7 Å². The van der Waals surface area contributed by atoms with E-state index in [9.17, 15) is 0 Å². The number of aromatic nitrogens is 2. The average molecular weight is 285 g/mol. The van der Waals surface area contributed by atoms with Crippen LogP contribution in [0.15, 0.2) is 30.6 Å². The van der Waals surface area contributed by atoms with E-state index in [1.165, 1.54) is 43.2 Å². The Balaban J connectivity index is 1.62. The van der Waals surface area contributed by atoms with Gasteiger partial charge in [-0.3, -0.25) is 0 Å². The maximum absolute atomic E-state index is 4.41. The molecule has 2 aromatic rings. The second kappa shape index (κ2) is 6.18. The summed E-state index contributed by atoms with van der Waals surface area (Å²) in [6.07, 6.45) is 11.0. The zero-order valence-corrected chi connectivity index (χ0v) is 13.3. The van der Waals surface area contributed by atoms with E-state index in [0.717, 1.165) is 19.0 Å². The monoisotopic (exact) mass is 285 g/mol. The number of nitrogens with one attached hydrogen (secondary N) is 1. The molecule has 3 nitrogen and oxygen atoms in total. The van der Waals surface area contributed by atoms with Crippen molar-refractivity contribution in [2.75, 3.05) is 6.54 Å². The van der Waals surface area contributed by atoms with Crippen LogP contribution in [0.1, 0.15) is 51.5 Å². The molecule has 1 N–H and O–H groups in total. The van der Waals surface area contributed by atoms with Gasteiger partial charge in [-0.25, -0.2) is 4.52 Å². The first-order valence-electron chi connectivity index (χ1n) is 8.31. The van der Waals surface area contributed by atoms with Gasteiger partial charge in [-0.05, 0) is 42.7 Å². The molecule has 0 spiro atoms. The SMILES string of the molecule is CC(C)CC1(CNCc2cnn3ccccc23)CCCC1. The second-order valence-electron chi connectivity index (χ2n) is 7.11. The van der Waals surface area contributed by atoms with E-state index in [1.807, 2.05) is 23.0 Å². The van der Waals surface area contributed by atoms with Crippen molar-refractivity contribution in [1.82, 2.24) is 14.9 Å². The van der Waals surface area contributed by atoms with Gasteiger partial charge in [-0.15, -0.1) is 0 Å². The van der Waals surface area contributed by atoms with Gasteiger partial charge in [0.2, 0.25) is 0 Å². The standard InChI is InChI=1S/C18H27N3/c1-15(2)11-18(8-4-5-9-18)14-19-12-16-13-20-21-10-6-3-7-17(16)21/h3,6-7,10,13,15,19H,4-5,8-9,11-12,14H2,1-2H3. The molecule has 114 valence electrons. The Morgan fingerprint density at radius 2 is 2.10 bits per heavy atom. The van der Waals surface area contributed by atoms with Crippen molar-refractivity contribution in [3.63, 3.8) is 0 Å². The van der Waals surface area contributed by atoms with Crippen molar-refractivity contribution in [3.8, 4) is 0 Å². The van der Waals surface area contributed by atoms with E-state index in [1.54, 1.807) is 0 Å². The summed E-state index contributed by atoms with van der Waals surface area (Å²) >= 11 is 0. The number of hydrogen-bond acceptors (Lipinski definition) is 2. The van der Waals surface area contributed by atoms with Crippen molar-refractivity contribution in [2.24, 2.45) is 11.3 Å². The highest BCUT2D eigenvalue weighted by molar-refractivity contribution is 5.53. The van der Waals surface area contributed by atoms with Crippen molar-refractivity contribution in [1.29, 1.82) is 0 Å². The molecule has 0 aromatic carbocycles. The van der Waals surface area contributed by atoms with Crippen LogP contribution in [0.4, 0.5) is 0 Å². The molecule has 0 radical (unpaired) electrons. The lowest BCUT2D eigenvalue weighted by Crippen LogP contribution is -2.33. The molecule has 2 aromatic heterocycles. The fourth-order valence-electron chi connectivity index (χ4n) is 4.03. The molecule has 2 heterocycles. The minimum absolute atomic E-state index is 0.539. The Labute approximate surface area is 127 Å². The third-order valence-electron chi connectivity index (χ3n) is 4.83. The fraction of sp³-hybridized carbons (Fsp3) is 0.611. The van der Waals surface area contributed by atoms with E-state index in [4.69, 9.17) is 0 Å². The minimum atomic E-state index is 0.539. The Morgan fingerprint density at radius 1 is 1.29 bits per heavy atom. The Kier molecular flexibility index (Phi) is 4.29.